The first-order valence-electron chi connectivity index (χ1n) is 6.02. The van der Waals surface area contributed by atoms with Gasteiger partial charge < -0.3 is 5.32 Å². The predicted octanol–water partition coefficient (Wildman–Crippen LogP) is 2.12. The summed E-state index contributed by atoms with van der Waals surface area (Å²) in [5.41, 5.74) is 2.92. The van der Waals surface area contributed by atoms with E-state index in [1.54, 1.807) is 19.1 Å². The predicted molar refractivity (Wildman–Crippen MR) is 73.5 cm³/mol. The zero-order valence-corrected chi connectivity index (χ0v) is 11.1. The monoisotopic (exact) mass is 274 g/mol. The minimum Gasteiger partial charge on any atom is -0.323 e. The van der Waals surface area contributed by atoms with Crippen LogP contribution in [0.1, 0.15) is 17.0 Å². The largest absolute Gasteiger partial charge is 0.323 e. The van der Waals surface area contributed by atoms with Crippen LogP contribution in [0, 0.1) is 24.0 Å². The third-order valence-corrected chi connectivity index (χ3v) is 2.90. The summed E-state index contributed by atoms with van der Waals surface area (Å²) in [6.45, 7) is 3.62. The van der Waals surface area contributed by atoms with Crippen LogP contribution in [0.3, 0.4) is 0 Å². The number of hydrogen-bond acceptors (Lipinski definition) is 4. The standard InChI is InChI=1S/C13H14N4O3/c1-8-13(9(2)16-15-8)14-12(18)7-10-3-5-11(6-4-10)17(19)20/h3-6H,7H2,1-2H3,(H,14,18)(H,15,16). The maximum atomic E-state index is 11.9. The number of carbonyl (C=O) groups excluding carboxylic acids is 1. The molecule has 1 aromatic carbocycles. The number of anilines is 1. The van der Waals surface area contributed by atoms with E-state index < -0.39 is 4.92 Å². The van der Waals surface area contributed by atoms with E-state index in [1.165, 1.54) is 12.1 Å². The Labute approximate surface area is 115 Å². The lowest BCUT2D eigenvalue weighted by atomic mass is 10.1. The van der Waals surface area contributed by atoms with Gasteiger partial charge in [-0.25, -0.2) is 0 Å². The van der Waals surface area contributed by atoms with Crippen molar-refractivity contribution in [3.63, 3.8) is 0 Å². The number of hydrogen-bond donors (Lipinski definition) is 2. The van der Waals surface area contributed by atoms with Gasteiger partial charge in [0.05, 0.1) is 28.4 Å². The molecule has 7 nitrogen and oxygen atoms in total. The number of H-pyrrole nitrogens is 1. The number of amides is 1. The molecule has 0 aliphatic rings. The van der Waals surface area contributed by atoms with Gasteiger partial charge in [0.25, 0.3) is 5.69 Å². The van der Waals surface area contributed by atoms with Crippen LogP contribution in [0.2, 0.25) is 0 Å². The summed E-state index contributed by atoms with van der Waals surface area (Å²) in [5, 5.41) is 20.1. The van der Waals surface area contributed by atoms with Crippen LogP contribution in [0.15, 0.2) is 24.3 Å². The van der Waals surface area contributed by atoms with Crippen LogP contribution in [0.4, 0.5) is 11.4 Å². The molecule has 0 spiro atoms. The molecule has 0 unspecified atom stereocenters. The lowest BCUT2D eigenvalue weighted by molar-refractivity contribution is -0.384. The SMILES string of the molecule is Cc1n[nH]c(C)c1NC(=O)Cc1ccc([N+](=O)[O-])cc1. The Morgan fingerprint density at radius 2 is 2.00 bits per heavy atom. The smallest absolute Gasteiger partial charge is 0.269 e. The van der Waals surface area contributed by atoms with E-state index in [9.17, 15) is 14.9 Å². The Balaban J connectivity index is 2.03. The van der Waals surface area contributed by atoms with E-state index in [-0.39, 0.29) is 18.0 Å². The molecule has 0 fully saturated rings. The van der Waals surface area contributed by atoms with Gasteiger partial charge in [-0.3, -0.25) is 20.0 Å². The van der Waals surface area contributed by atoms with Gasteiger partial charge in [-0.1, -0.05) is 12.1 Å². The Morgan fingerprint density at radius 1 is 1.35 bits per heavy atom. The Bertz CT molecular complexity index is 627. The molecule has 0 aliphatic carbocycles. The molecule has 0 bridgehead atoms. The second kappa shape index (κ2) is 5.52. The van der Waals surface area contributed by atoms with Gasteiger partial charge >= 0.3 is 0 Å². The summed E-state index contributed by atoms with van der Waals surface area (Å²) in [7, 11) is 0. The summed E-state index contributed by atoms with van der Waals surface area (Å²) in [6, 6.07) is 5.92. The average Bonchev–Trinajstić information content (AvgIpc) is 2.71. The van der Waals surface area contributed by atoms with Crippen LogP contribution in [-0.4, -0.2) is 21.0 Å². The fourth-order valence-electron chi connectivity index (χ4n) is 1.84. The van der Waals surface area contributed by atoms with E-state index in [0.29, 0.717) is 11.3 Å². The highest BCUT2D eigenvalue weighted by molar-refractivity contribution is 5.93. The van der Waals surface area contributed by atoms with E-state index in [4.69, 9.17) is 0 Å². The summed E-state index contributed by atoms with van der Waals surface area (Å²) in [4.78, 5) is 22.0. The fraction of sp³-hybridized carbons (Fsp3) is 0.231. The highest BCUT2D eigenvalue weighted by Crippen LogP contribution is 2.17. The minimum absolute atomic E-state index is 0.00989. The number of nitrogens with one attached hydrogen (secondary N) is 2. The lowest BCUT2D eigenvalue weighted by Gasteiger charge is -2.05. The van der Waals surface area contributed by atoms with Crippen molar-refractivity contribution in [2.45, 2.75) is 20.3 Å². The van der Waals surface area contributed by atoms with Crippen molar-refractivity contribution in [2.24, 2.45) is 0 Å². The molecule has 1 amide bonds. The first-order valence-corrected chi connectivity index (χ1v) is 6.02. The molecule has 2 rings (SSSR count). The molecule has 20 heavy (non-hydrogen) atoms. The van der Waals surface area contributed by atoms with Gasteiger partial charge in [-0.2, -0.15) is 5.10 Å². The number of nitrogens with zero attached hydrogens (tertiary/aromatic N) is 2. The molecule has 2 N–H and O–H groups in total. The molecule has 1 heterocycles. The molecule has 0 atom stereocenters. The summed E-state index contributed by atoms with van der Waals surface area (Å²) in [5.74, 6) is -0.188. The van der Waals surface area contributed by atoms with E-state index >= 15 is 0 Å². The van der Waals surface area contributed by atoms with Crippen molar-refractivity contribution in [3.05, 3.63) is 51.3 Å². The summed E-state index contributed by atoms with van der Waals surface area (Å²) >= 11 is 0. The van der Waals surface area contributed by atoms with Crippen molar-refractivity contribution in [2.75, 3.05) is 5.32 Å². The van der Waals surface area contributed by atoms with E-state index in [2.05, 4.69) is 15.5 Å². The third kappa shape index (κ3) is 3.00. The highest BCUT2D eigenvalue weighted by atomic mass is 16.6. The van der Waals surface area contributed by atoms with Crippen LogP contribution in [0.25, 0.3) is 0 Å². The maximum Gasteiger partial charge on any atom is 0.269 e. The molecule has 0 radical (unpaired) electrons. The molecule has 7 heteroatoms. The number of carbonyl (C=O) groups is 1. The molecule has 0 saturated carbocycles. The fourth-order valence-corrected chi connectivity index (χ4v) is 1.84. The molecule has 0 saturated heterocycles. The topological polar surface area (TPSA) is 101 Å². The van der Waals surface area contributed by atoms with Crippen LogP contribution in [-0.2, 0) is 11.2 Å². The molecule has 1 aromatic heterocycles. The number of benzene rings is 1. The van der Waals surface area contributed by atoms with Gasteiger partial charge in [0.2, 0.25) is 5.91 Å². The second-order valence-corrected chi connectivity index (χ2v) is 4.46. The normalized spacial score (nSPS) is 10.3. The first kappa shape index (κ1) is 13.7. The first-order chi connectivity index (χ1) is 9.47. The number of non-ortho nitro benzene ring substituents is 1. The van der Waals surface area contributed by atoms with E-state index in [1.807, 2.05) is 6.92 Å². The average molecular weight is 274 g/mol. The molecular formula is C13H14N4O3. The number of aromatic nitrogens is 2. The number of aromatic amines is 1. The minimum atomic E-state index is -0.470. The Kier molecular flexibility index (Phi) is 3.79. The van der Waals surface area contributed by atoms with Gasteiger partial charge in [-0.05, 0) is 19.4 Å². The molecule has 0 aliphatic heterocycles. The lowest BCUT2D eigenvalue weighted by Crippen LogP contribution is -2.15. The zero-order valence-electron chi connectivity index (χ0n) is 11.1. The van der Waals surface area contributed by atoms with Gasteiger partial charge in [0.15, 0.2) is 0 Å². The number of aryl methyl sites for hydroxylation is 2. The van der Waals surface area contributed by atoms with Gasteiger partial charge in [0.1, 0.15) is 0 Å². The van der Waals surface area contributed by atoms with Crippen molar-refractivity contribution < 1.29 is 9.72 Å². The van der Waals surface area contributed by atoms with Crippen molar-refractivity contribution in [1.29, 1.82) is 0 Å². The zero-order chi connectivity index (χ0) is 14.7. The van der Waals surface area contributed by atoms with Gasteiger partial charge in [0, 0.05) is 12.1 Å². The van der Waals surface area contributed by atoms with Crippen LogP contribution >= 0.6 is 0 Å². The number of nitro benzene ring substituents is 1. The molecule has 2 aromatic rings. The van der Waals surface area contributed by atoms with Gasteiger partial charge in [-0.15, -0.1) is 0 Å². The van der Waals surface area contributed by atoms with Crippen molar-refractivity contribution in [3.8, 4) is 0 Å². The van der Waals surface area contributed by atoms with Crippen LogP contribution < -0.4 is 5.32 Å². The molecule has 104 valence electrons. The quantitative estimate of drug-likeness (QED) is 0.658. The summed E-state index contributed by atoms with van der Waals surface area (Å²) in [6.07, 6.45) is 0.155. The number of rotatable bonds is 4. The van der Waals surface area contributed by atoms with Crippen molar-refractivity contribution >= 4 is 17.3 Å². The highest BCUT2D eigenvalue weighted by Gasteiger charge is 2.11. The Morgan fingerprint density at radius 3 is 2.50 bits per heavy atom. The van der Waals surface area contributed by atoms with E-state index in [0.717, 1.165) is 11.4 Å². The molecular weight excluding hydrogens is 260 g/mol. The van der Waals surface area contributed by atoms with Crippen LogP contribution in [0.5, 0.6) is 0 Å². The Hall–Kier alpha value is -2.70. The second-order valence-electron chi connectivity index (χ2n) is 4.46. The maximum absolute atomic E-state index is 11.9. The third-order valence-electron chi connectivity index (χ3n) is 2.90. The summed E-state index contributed by atoms with van der Waals surface area (Å²) < 4.78 is 0. The number of nitro groups is 1. The van der Waals surface area contributed by atoms with Crippen molar-refractivity contribution in [1.82, 2.24) is 10.2 Å².